The van der Waals surface area contributed by atoms with E-state index in [1.807, 2.05) is 13.0 Å². The van der Waals surface area contributed by atoms with Crippen molar-refractivity contribution in [2.75, 3.05) is 19.7 Å². The second-order valence-electron chi connectivity index (χ2n) is 7.92. The highest BCUT2D eigenvalue weighted by atomic mass is 19.1. The molecule has 1 heterocycles. The van der Waals surface area contributed by atoms with E-state index in [2.05, 4.69) is 12.2 Å². The second-order valence-corrected chi connectivity index (χ2v) is 7.92. The van der Waals surface area contributed by atoms with E-state index < -0.39 is 12.2 Å². The Bertz CT molecular complexity index is 507. The summed E-state index contributed by atoms with van der Waals surface area (Å²) in [4.78, 5) is 13.8. The van der Waals surface area contributed by atoms with Crippen molar-refractivity contribution in [3.63, 3.8) is 0 Å². The standard InChI is InChI=1S/C18H28FN3O2/c1-3-24-16-4-12-7-18(2,8-13(12)5-16)21-10-17(23)22-11-14(19)6-15(22)9-20/h12-16,21H,3-8,10-11H2,1-2H3/t12-,13+,14-,15-,16-,18-/m0/s1. The van der Waals surface area contributed by atoms with Crippen LogP contribution in [0.1, 0.15) is 46.0 Å². The molecule has 0 aromatic rings. The predicted octanol–water partition coefficient (Wildman–Crippen LogP) is 2.02. The van der Waals surface area contributed by atoms with Gasteiger partial charge in [0.25, 0.3) is 0 Å². The first-order chi connectivity index (χ1) is 11.4. The van der Waals surface area contributed by atoms with Crippen LogP contribution in [0.3, 0.4) is 0 Å². The first-order valence-electron chi connectivity index (χ1n) is 9.14. The summed E-state index contributed by atoms with van der Waals surface area (Å²) in [7, 11) is 0. The molecule has 1 aliphatic heterocycles. The maximum atomic E-state index is 13.5. The highest BCUT2D eigenvalue weighted by Gasteiger charge is 2.47. The Labute approximate surface area is 143 Å². The number of carbonyl (C=O) groups is 1. The van der Waals surface area contributed by atoms with Crippen molar-refractivity contribution >= 4 is 5.91 Å². The Morgan fingerprint density at radius 2 is 2.04 bits per heavy atom. The number of nitrogens with one attached hydrogen (secondary N) is 1. The van der Waals surface area contributed by atoms with Gasteiger partial charge < -0.3 is 15.0 Å². The minimum absolute atomic E-state index is 0.0425. The summed E-state index contributed by atoms with van der Waals surface area (Å²) in [6, 6.07) is 1.42. The van der Waals surface area contributed by atoms with Gasteiger partial charge in [0.2, 0.25) is 5.91 Å². The van der Waals surface area contributed by atoms with E-state index in [-0.39, 0.29) is 31.0 Å². The Balaban J connectivity index is 1.49. The predicted molar refractivity (Wildman–Crippen MR) is 87.9 cm³/mol. The molecule has 1 N–H and O–H groups in total. The molecule has 0 unspecified atom stereocenters. The molecule has 1 saturated heterocycles. The molecule has 2 aliphatic carbocycles. The van der Waals surface area contributed by atoms with E-state index >= 15 is 0 Å². The number of nitrogens with zero attached hydrogens (tertiary/aromatic N) is 2. The molecule has 2 saturated carbocycles. The summed E-state index contributed by atoms with van der Waals surface area (Å²) in [5.41, 5.74) is -0.0425. The van der Waals surface area contributed by atoms with Gasteiger partial charge in [-0.2, -0.15) is 5.26 Å². The van der Waals surface area contributed by atoms with Crippen molar-refractivity contribution in [1.82, 2.24) is 10.2 Å². The molecule has 24 heavy (non-hydrogen) atoms. The van der Waals surface area contributed by atoms with Crippen LogP contribution in [0, 0.1) is 23.2 Å². The van der Waals surface area contributed by atoms with Crippen LogP contribution in [0.25, 0.3) is 0 Å². The lowest BCUT2D eigenvalue weighted by molar-refractivity contribution is -0.130. The third-order valence-corrected chi connectivity index (χ3v) is 6.01. The molecule has 134 valence electrons. The van der Waals surface area contributed by atoms with Crippen LogP contribution in [0.15, 0.2) is 0 Å². The van der Waals surface area contributed by atoms with Gasteiger partial charge in [-0.05, 0) is 51.4 Å². The summed E-state index contributed by atoms with van der Waals surface area (Å²) in [5.74, 6) is 1.18. The smallest absolute Gasteiger partial charge is 0.237 e. The fraction of sp³-hybridized carbons (Fsp3) is 0.889. The molecule has 5 nitrogen and oxygen atoms in total. The molecular weight excluding hydrogens is 309 g/mol. The molecule has 0 bridgehead atoms. The van der Waals surface area contributed by atoms with Crippen molar-refractivity contribution in [3.05, 3.63) is 0 Å². The van der Waals surface area contributed by atoms with Crippen molar-refractivity contribution < 1.29 is 13.9 Å². The number of alkyl halides is 1. The van der Waals surface area contributed by atoms with Crippen LogP contribution in [-0.4, -0.2) is 54.4 Å². The van der Waals surface area contributed by atoms with Crippen LogP contribution >= 0.6 is 0 Å². The minimum Gasteiger partial charge on any atom is -0.378 e. The van der Waals surface area contributed by atoms with Crippen molar-refractivity contribution in [1.29, 1.82) is 5.26 Å². The summed E-state index contributed by atoms with van der Waals surface area (Å²) in [6.07, 6.45) is 3.83. The van der Waals surface area contributed by atoms with Gasteiger partial charge in [-0.3, -0.25) is 4.79 Å². The van der Waals surface area contributed by atoms with Gasteiger partial charge in [-0.1, -0.05) is 0 Å². The first kappa shape index (κ1) is 17.6. The number of amides is 1. The normalized spacial score (nSPS) is 41.4. The molecule has 3 fully saturated rings. The number of hydrogen-bond donors (Lipinski definition) is 1. The van der Waals surface area contributed by atoms with Gasteiger partial charge in [0, 0.05) is 18.6 Å². The van der Waals surface area contributed by atoms with Gasteiger partial charge in [0.05, 0.1) is 25.3 Å². The Morgan fingerprint density at radius 1 is 1.38 bits per heavy atom. The average Bonchev–Trinajstić information content (AvgIpc) is 3.16. The first-order valence-corrected chi connectivity index (χ1v) is 9.14. The topological polar surface area (TPSA) is 65.4 Å². The van der Waals surface area contributed by atoms with Gasteiger partial charge in [0.15, 0.2) is 0 Å². The minimum atomic E-state index is -1.07. The molecule has 3 aliphatic rings. The van der Waals surface area contributed by atoms with E-state index in [1.54, 1.807) is 0 Å². The molecular formula is C18H28FN3O2. The van der Waals surface area contributed by atoms with E-state index in [4.69, 9.17) is 10.00 Å². The lowest BCUT2D eigenvalue weighted by atomic mass is 9.95. The Morgan fingerprint density at radius 3 is 2.62 bits per heavy atom. The van der Waals surface area contributed by atoms with Gasteiger partial charge in [-0.25, -0.2) is 4.39 Å². The maximum Gasteiger partial charge on any atom is 0.237 e. The second kappa shape index (κ2) is 6.97. The molecule has 1 amide bonds. The highest BCUT2D eigenvalue weighted by Crippen LogP contribution is 2.49. The highest BCUT2D eigenvalue weighted by molar-refractivity contribution is 5.79. The zero-order chi connectivity index (χ0) is 17.3. The van der Waals surface area contributed by atoms with Crippen molar-refractivity contribution in [2.45, 2.75) is 69.8 Å². The zero-order valence-electron chi connectivity index (χ0n) is 14.6. The number of likely N-dealkylation sites (tertiary alicyclic amines) is 1. The van der Waals surface area contributed by atoms with Gasteiger partial charge >= 0.3 is 0 Å². The summed E-state index contributed by atoms with van der Waals surface area (Å²) in [6.45, 7) is 5.24. The zero-order valence-corrected chi connectivity index (χ0v) is 14.6. The van der Waals surface area contributed by atoms with E-state index in [0.717, 1.165) is 32.3 Å². The number of hydrogen-bond acceptors (Lipinski definition) is 4. The molecule has 0 spiro atoms. The Kier molecular flexibility index (Phi) is 5.12. The van der Waals surface area contributed by atoms with Crippen molar-refractivity contribution in [3.8, 4) is 6.07 Å². The summed E-state index contributed by atoms with van der Waals surface area (Å²) in [5, 5.41) is 12.5. The lowest BCUT2D eigenvalue weighted by Crippen LogP contribution is -2.48. The third kappa shape index (κ3) is 3.57. The van der Waals surface area contributed by atoms with E-state index in [9.17, 15) is 9.18 Å². The molecule has 6 atom stereocenters. The molecule has 0 aromatic carbocycles. The number of ether oxygens (including phenoxy) is 1. The number of rotatable bonds is 5. The SMILES string of the molecule is CCO[C@@H]1C[C@@H]2C[C@@](C)(NCC(=O)N3C[C@@H](F)C[C@H]3C#N)C[C@@H]2C1. The number of carbonyl (C=O) groups excluding carboxylic acids is 1. The Hall–Kier alpha value is -1.19. The molecule has 3 rings (SSSR count). The summed E-state index contributed by atoms with van der Waals surface area (Å²) >= 11 is 0. The van der Waals surface area contributed by atoms with Crippen LogP contribution < -0.4 is 5.32 Å². The van der Waals surface area contributed by atoms with Crippen molar-refractivity contribution in [2.24, 2.45) is 11.8 Å². The van der Waals surface area contributed by atoms with Crippen LogP contribution in [0.2, 0.25) is 0 Å². The van der Waals surface area contributed by atoms with E-state index in [1.165, 1.54) is 4.90 Å². The molecule has 0 radical (unpaired) electrons. The average molecular weight is 337 g/mol. The molecule has 6 heteroatoms. The maximum absolute atomic E-state index is 13.5. The molecule has 0 aromatic heterocycles. The van der Waals surface area contributed by atoms with E-state index in [0.29, 0.717) is 17.9 Å². The fourth-order valence-corrected chi connectivity index (χ4v) is 4.99. The number of fused-ring (bicyclic) bond motifs is 1. The largest absolute Gasteiger partial charge is 0.378 e. The van der Waals surface area contributed by atoms with Gasteiger partial charge in [-0.15, -0.1) is 0 Å². The fourth-order valence-electron chi connectivity index (χ4n) is 4.99. The third-order valence-electron chi connectivity index (χ3n) is 6.01. The lowest BCUT2D eigenvalue weighted by Gasteiger charge is -2.29. The van der Waals surface area contributed by atoms with Crippen LogP contribution in [0.5, 0.6) is 0 Å². The van der Waals surface area contributed by atoms with Crippen LogP contribution in [-0.2, 0) is 9.53 Å². The quantitative estimate of drug-likeness (QED) is 0.833. The summed E-state index contributed by atoms with van der Waals surface area (Å²) < 4.78 is 19.2. The number of halogens is 1. The van der Waals surface area contributed by atoms with Crippen LogP contribution in [0.4, 0.5) is 4.39 Å². The van der Waals surface area contributed by atoms with Gasteiger partial charge in [0.1, 0.15) is 12.2 Å². The monoisotopic (exact) mass is 337 g/mol. The number of nitriles is 1.